The highest BCUT2D eigenvalue weighted by Gasteiger charge is 2.45. The van der Waals surface area contributed by atoms with Crippen LogP contribution in [0.25, 0.3) is 0 Å². The Balaban J connectivity index is 2.01. The van der Waals surface area contributed by atoms with Gasteiger partial charge in [-0.1, -0.05) is 59.6 Å². The number of sulfonamides is 1. The number of aliphatic carboxylic acids is 1. The van der Waals surface area contributed by atoms with Crippen molar-refractivity contribution < 1.29 is 18.3 Å². The summed E-state index contributed by atoms with van der Waals surface area (Å²) in [6.07, 6.45) is 1.46. The van der Waals surface area contributed by atoms with E-state index in [4.69, 9.17) is 0 Å². The summed E-state index contributed by atoms with van der Waals surface area (Å²) < 4.78 is 29.6. The second-order valence-corrected chi connectivity index (χ2v) is 12.9. The molecule has 1 fully saturated rings. The maximum Gasteiger partial charge on any atom is 0.308 e. The van der Waals surface area contributed by atoms with E-state index in [1.165, 1.54) is 4.31 Å². The van der Waals surface area contributed by atoms with Crippen LogP contribution in [-0.2, 0) is 14.8 Å². The van der Waals surface area contributed by atoms with E-state index in [0.717, 1.165) is 27.8 Å². The van der Waals surface area contributed by atoms with Crippen LogP contribution < -0.4 is 0 Å². The number of hydrogen-bond donors (Lipinski definition) is 1. The molecule has 3 atom stereocenters. The molecule has 0 radical (unpaired) electrons. The number of carboxylic acid groups (broad SMARTS) is 1. The average molecular weight is 541 g/mol. The number of rotatable bonds is 8. The van der Waals surface area contributed by atoms with Gasteiger partial charge in [0.25, 0.3) is 0 Å². The topological polar surface area (TPSA) is 74.7 Å². The van der Waals surface area contributed by atoms with Crippen molar-refractivity contribution in [2.75, 3.05) is 12.3 Å². The standard InChI is InChI=1S/C24H30BrNO4S2/c1-16(2)11-12-31-23-14-22(18-5-4-6-19(25)13-18)26(15-21(23)24(27)28)32(29,30)20-9-7-17(3)8-10-20/h4-10,13,16,21-23H,11-12,14-15H2,1-3H3,(H,27,28)/t21-,22+,23-/m1/s1. The van der Waals surface area contributed by atoms with E-state index in [-0.39, 0.29) is 16.7 Å². The minimum absolute atomic E-state index is 0.0396. The van der Waals surface area contributed by atoms with Crippen molar-refractivity contribution in [1.82, 2.24) is 4.31 Å². The number of hydrogen-bond acceptors (Lipinski definition) is 4. The number of halogens is 1. The maximum absolute atomic E-state index is 13.7. The van der Waals surface area contributed by atoms with Crippen molar-refractivity contribution in [2.45, 2.75) is 49.8 Å². The minimum Gasteiger partial charge on any atom is -0.481 e. The van der Waals surface area contributed by atoms with Crippen molar-refractivity contribution in [2.24, 2.45) is 11.8 Å². The summed E-state index contributed by atoms with van der Waals surface area (Å²) in [4.78, 5) is 12.4. The van der Waals surface area contributed by atoms with E-state index >= 15 is 0 Å². The lowest BCUT2D eigenvalue weighted by atomic mass is 9.90. The lowest BCUT2D eigenvalue weighted by molar-refractivity contribution is -0.143. The number of benzene rings is 2. The molecule has 32 heavy (non-hydrogen) atoms. The van der Waals surface area contributed by atoms with E-state index in [9.17, 15) is 18.3 Å². The first-order valence-electron chi connectivity index (χ1n) is 10.8. The number of carboxylic acids is 1. The molecule has 2 aromatic rings. The number of thioether (sulfide) groups is 1. The Bertz CT molecular complexity index is 1040. The van der Waals surface area contributed by atoms with Gasteiger partial charge >= 0.3 is 5.97 Å². The van der Waals surface area contributed by atoms with Gasteiger partial charge in [-0.3, -0.25) is 4.79 Å². The van der Waals surface area contributed by atoms with Crippen molar-refractivity contribution in [3.8, 4) is 0 Å². The molecule has 1 aliphatic rings. The van der Waals surface area contributed by atoms with E-state index < -0.39 is 28.0 Å². The zero-order chi connectivity index (χ0) is 23.5. The predicted molar refractivity (Wildman–Crippen MR) is 133 cm³/mol. The first kappa shape index (κ1) is 25.3. The van der Waals surface area contributed by atoms with Gasteiger partial charge in [0.1, 0.15) is 0 Å². The molecule has 5 nitrogen and oxygen atoms in total. The zero-order valence-electron chi connectivity index (χ0n) is 18.6. The molecule has 0 unspecified atom stereocenters. The summed E-state index contributed by atoms with van der Waals surface area (Å²) in [6, 6.07) is 14.0. The lowest BCUT2D eigenvalue weighted by Gasteiger charge is -2.42. The van der Waals surface area contributed by atoms with Crippen molar-refractivity contribution in [1.29, 1.82) is 0 Å². The molecule has 2 aromatic carbocycles. The smallest absolute Gasteiger partial charge is 0.308 e. The van der Waals surface area contributed by atoms with Gasteiger partial charge in [-0.25, -0.2) is 8.42 Å². The van der Waals surface area contributed by atoms with Crippen LogP contribution in [-0.4, -0.2) is 41.3 Å². The van der Waals surface area contributed by atoms with Crippen LogP contribution in [0.1, 0.15) is 43.9 Å². The number of carbonyl (C=O) groups is 1. The van der Waals surface area contributed by atoms with Crippen LogP contribution in [0.5, 0.6) is 0 Å². The third-order valence-corrected chi connectivity index (χ3v) is 9.64. The van der Waals surface area contributed by atoms with Gasteiger partial charge in [0.2, 0.25) is 10.0 Å². The largest absolute Gasteiger partial charge is 0.481 e. The molecule has 0 amide bonds. The first-order chi connectivity index (χ1) is 15.1. The molecule has 0 saturated carbocycles. The second-order valence-electron chi connectivity index (χ2n) is 8.73. The van der Waals surface area contributed by atoms with Crippen LogP contribution >= 0.6 is 27.7 Å². The van der Waals surface area contributed by atoms with Gasteiger partial charge in [-0.15, -0.1) is 0 Å². The zero-order valence-corrected chi connectivity index (χ0v) is 21.8. The van der Waals surface area contributed by atoms with Gasteiger partial charge in [-0.05, 0) is 61.3 Å². The molecular weight excluding hydrogens is 510 g/mol. The Morgan fingerprint density at radius 1 is 1.22 bits per heavy atom. The number of piperidine rings is 1. The SMILES string of the molecule is Cc1ccc(S(=O)(=O)N2C[C@@H](C(=O)O)[C@H](SCCC(C)C)C[C@H]2c2cccc(Br)c2)cc1. The Morgan fingerprint density at radius 2 is 1.91 bits per heavy atom. The van der Waals surface area contributed by atoms with Crippen LogP contribution in [0.4, 0.5) is 0 Å². The molecule has 1 saturated heterocycles. The molecule has 1 N–H and O–H groups in total. The van der Waals surface area contributed by atoms with Gasteiger partial charge in [-0.2, -0.15) is 16.1 Å². The van der Waals surface area contributed by atoms with Gasteiger partial charge in [0, 0.05) is 16.3 Å². The lowest BCUT2D eigenvalue weighted by Crippen LogP contribution is -2.49. The van der Waals surface area contributed by atoms with Crippen molar-refractivity contribution >= 4 is 43.7 Å². The summed E-state index contributed by atoms with van der Waals surface area (Å²) >= 11 is 5.15. The third kappa shape index (κ3) is 5.95. The molecule has 8 heteroatoms. The summed E-state index contributed by atoms with van der Waals surface area (Å²) in [5, 5.41) is 9.81. The number of aryl methyl sites for hydroxylation is 1. The Hall–Kier alpha value is -1.35. The summed E-state index contributed by atoms with van der Waals surface area (Å²) in [7, 11) is -3.87. The van der Waals surface area contributed by atoms with Crippen LogP contribution in [0.15, 0.2) is 57.9 Å². The maximum atomic E-state index is 13.7. The van der Waals surface area contributed by atoms with E-state index in [0.29, 0.717) is 12.3 Å². The minimum atomic E-state index is -3.87. The summed E-state index contributed by atoms with van der Waals surface area (Å²) in [5.41, 5.74) is 1.84. The average Bonchev–Trinajstić information content (AvgIpc) is 2.73. The fraction of sp³-hybridized carbons (Fsp3) is 0.458. The summed E-state index contributed by atoms with van der Waals surface area (Å²) in [6.45, 7) is 6.16. The van der Waals surface area contributed by atoms with Crippen LogP contribution in [0, 0.1) is 18.8 Å². The highest BCUT2D eigenvalue weighted by Crippen LogP contribution is 2.43. The molecule has 0 spiro atoms. The molecule has 1 aliphatic heterocycles. The Labute approximate surface area is 203 Å². The van der Waals surface area contributed by atoms with E-state index in [1.54, 1.807) is 36.0 Å². The Kier molecular flexibility index (Phi) is 8.47. The molecule has 0 bridgehead atoms. The Morgan fingerprint density at radius 3 is 2.50 bits per heavy atom. The quantitative estimate of drug-likeness (QED) is 0.462. The second kappa shape index (κ2) is 10.7. The van der Waals surface area contributed by atoms with Crippen molar-refractivity contribution in [3.05, 3.63) is 64.1 Å². The van der Waals surface area contributed by atoms with Crippen LogP contribution in [0.2, 0.25) is 0 Å². The first-order valence-corrected chi connectivity index (χ1v) is 14.1. The van der Waals surface area contributed by atoms with Crippen LogP contribution in [0.3, 0.4) is 0 Å². The summed E-state index contributed by atoms with van der Waals surface area (Å²) in [5.74, 6) is -0.296. The highest BCUT2D eigenvalue weighted by molar-refractivity contribution is 9.10. The van der Waals surface area contributed by atoms with E-state index in [1.807, 2.05) is 31.2 Å². The molecule has 0 aromatic heterocycles. The van der Waals surface area contributed by atoms with E-state index in [2.05, 4.69) is 29.8 Å². The van der Waals surface area contributed by atoms with Gasteiger partial charge in [0.15, 0.2) is 0 Å². The van der Waals surface area contributed by atoms with Crippen molar-refractivity contribution in [3.63, 3.8) is 0 Å². The fourth-order valence-electron chi connectivity index (χ4n) is 3.94. The number of nitrogens with zero attached hydrogens (tertiary/aromatic N) is 1. The molecule has 0 aliphatic carbocycles. The van der Waals surface area contributed by atoms with Gasteiger partial charge < -0.3 is 5.11 Å². The molecular formula is C24H30BrNO4S2. The highest BCUT2D eigenvalue weighted by atomic mass is 79.9. The normalized spacial score (nSPS) is 22.2. The predicted octanol–water partition coefficient (Wildman–Crippen LogP) is 5.74. The fourth-order valence-corrected chi connectivity index (χ4v) is 7.68. The molecule has 1 heterocycles. The monoisotopic (exact) mass is 539 g/mol. The third-order valence-electron chi connectivity index (χ3n) is 5.83. The molecule has 174 valence electrons. The molecule has 3 rings (SSSR count). The van der Waals surface area contributed by atoms with Gasteiger partial charge in [0.05, 0.1) is 16.9 Å².